The molecule has 1 rings (SSSR count). The fraction of sp³-hybridized carbons (Fsp3) is 0.467. The van der Waals surface area contributed by atoms with Crippen LogP contribution in [0.4, 0.5) is 5.69 Å². The SMILES string of the molecule is Cc1ccc(C)c(NC(=O)C[C@@H]([NH2+]CCC[NH3+])C(=O)[O-])c1. The van der Waals surface area contributed by atoms with Crippen molar-refractivity contribution >= 4 is 17.6 Å². The van der Waals surface area contributed by atoms with Gasteiger partial charge in [-0.25, -0.2) is 0 Å². The molecule has 0 unspecified atom stereocenters. The smallest absolute Gasteiger partial charge is 0.230 e. The van der Waals surface area contributed by atoms with Gasteiger partial charge in [0.2, 0.25) is 5.91 Å². The summed E-state index contributed by atoms with van der Waals surface area (Å²) in [7, 11) is 0. The second kappa shape index (κ2) is 8.39. The molecule has 1 amide bonds. The molecule has 1 aromatic carbocycles. The van der Waals surface area contributed by atoms with Crippen molar-refractivity contribution in [3.63, 3.8) is 0 Å². The van der Waals surface area contributed by atoms with Crippen molar-refractivity contribution in [1.82, 2.24) is 0 Å². The summed E-state index contributed by atoms with van der Waals surface area (Å²) in [6.45, 7) is 5.20. The molecule has 0 aromatic heterocycles. The number of amides is 1. The fourth-order valence-corrected chi connectivity index (χ4v) is 2.00. The molecule has 0 aliphatic rings. The maximum Gasteiger partial charge on any atom is 0.230 e. The number of benzene rings is 1. The lowest BCUT2D eigenvalue weighted by atomic mass is 10.1. The van der Waals surface area contributed by atoms with Gasteiger partial charge in [0, 0.05) is 12.1 Å². The lowest BCUT2D eigenvalue weighted by molar-refractivity contribution is -0.684. The van der Waals surface area contributed by atoms with Crippen LogP contribution in [0.25, 0.3) is 0 Å². The van der Waals surface area contributed by atoms with Crippen molar-refractivity contribution in [1.29, 1.82) is 0 Å². The molecule has 0 aliphatic carbocycles. The van der Waals surface area contributed by atoms with E-state index in [2.05, 4.69) is 11.1 Å². The van der Waals surface area contributed by atoms with Gasteiger partial charge < -0.3 is 26.3 Å². The number of quaternary nitrogens is 2. The molecule has 6 nitrogen and oxygen atoms in total. The normalized spacial score (nSPS) is 12.0. The van der Waals surface area contributed by atoms with Gasteiger partial charge >= 0.3 is 0 Å². The summed E-state index contributed by atoms with van der Waals surface area (Å²) in [6.07, 6.45) is 0.704. The summed E-state index contributed by atoms with van der Waals surface area (Å²) in [5, 5.41) is 15.5. The quantitative estimate of drug-likeness (QED) is 0.479. The molecule has 0 heterocycles. The number of aryl methyl sites for hydroxylation is 2. The second-order valence-corrected chi connectivity index (χ2v) is 5.23. The first-order valence-electron chi connectivity index (χ1n) is 7.14. The predicted octanol–water partition coefficient (Wildman–Crippen LogP) is -2.05. The van der Waals surface area contributed by atoms with E-state index in [1.807, 2.05) is 32.0 Å². The minimum atomic E-state index is -1.21. The Morgan fingerprint density at radius 2 is 2.10 bits per heavy atom. The molecule has 0 radical (unpaired) electrons. The molecule has 0 fully saturated rings. The van der Waals surface area contributed by atoms with Crippen LogP contribution in [0.3, 0.4) is 0 Å². The van der Waals surface area contributed by atoms with Crippen LogP contribution in [0.2, 0.25) is 0 Å². The highest BCUT2D eigenvalue weighted by Gasteiger charge is 2.18. The van der Waals surface area contributed by atoms with Crippen molar-refractivity contribution in [3.05, 3.63) is 29.3 Å². The average Bonchev–Trinajstić information content (AvgIpc) is 2.42. The van der Waals surface area contributed by atoms with Crippen LogP contribution in [-0.4, -0.2) is 31.0 Å². The predicted molar refractivity (Wildman–Crippen MR) is 77.1 cm³/mol. The topological polar surface area (TPSA) is 113 Å². The Bertz CT molecular complexity index is 503. The van der Waals surface area contributed by atoms with E-state index in [0.29, 0.717) is 6.54 Å². The molecule has 21 heavy (non-hydrogen) atoms. The molecule has 1 aromatic rings. The van der Waals surface area contributed by atoms with Crippen molar-refractivity contribution in [2.24, 2.45) is 0 Å². The molecule has 1 atom stereocenters. The Morgan fingerprint density at radius 3 is 2.71 bits per heavy atom. The third kappa shape index (κ3) is 5.93. The summed E-state index contributed by atoms with van der Waals surface area (Å²) in [6, 6.07) is 4.89. The van der Waals surface area contributed by atoms with E-state index in [1.54, 1.807) is 5.32 Å². The van der Waals surface area contributed by atoms with Crippen LogP contribution in [-0.2, 0) is 9.59 Å². The first kappa shape index (κ1) is 17.1. The summed E-state index contributed by atoms with van der Waals surface area (Å²) in [5.41, 5.74) is 6.40. The number of carbonyl (C=O) groups excluding carboxylic acids is 2. The highest BCUT2D eigenvalue weighted by Crippen LogP contribution is 2.16. The van der Waals surface area contributed by atoms with E-state index in [0.717, 1.165) is 29.8 Å². The van der Waals surface area contributed by atoms with E-state index in [1.165, 1.54) is 0 Å². The Labute approximate surface area is 124 Å². The van der Waals surface area contributed by atoms with Crippen LogP contribution in [0, 0.1) is 13.8 Å². The zero-order chi connectivity index (χ0) is 15.8. The lowest BCUT2D eigenvalue weighted by Gasteiger charge is -2.16. The van der Waals surface area contributed by atoms with Gasteiger partial charge in [0.15, 0.2) is 0 Å². The van der Waals surface area contributed by atoms with Crippen LogP contribution in [0.5, 0.6) is 0 Å². The maximum absolute atomic E-state index is 12.0. The van der Waals surface area contributed by atoms with Crippen LogP contribution in [0.1, 0.15) is 24.0 Å². The number of carboxylic acid groups (broad SMARTS) is 1. The molecule has 0 saturated heterocycles. The number of rotatable bonds is 8. The lowest BCUT2D eigenvalue weighted by Crippen LogP contribution is -2.93. The highest BCUT2D eigenvalue weighted by molar-refractivity contribution is 5.94. The zero-order valence-electron chi connectivity index (χ0n) is 12.6. The second-order valence-electron chi connectivity index (χ2n) is 5.23. The Morgan fingerprint density at radius 1 is 1.38 bits per heavy atom. The van der Waals surface area contributed by atoms with Crippen molar-refractivity contribution in [2.75, 3.05) is 18.4 Å². The number of anilines is 1. The number of carboxylic acids is 1. The van der Waals surface area contributed by atoms with Gasteiger partial charge in [-0.2, -0.15) is 0 Å². The molecule has 6 N–H and O–H groups in total. The molecule has 116 valence electrons. The van der Waals surface area contributed by atoms with Gasteiger partial charge in [-0.1, -0.05) is 12.1 Å². The Hall–Kier alpha value is -1.92. The monoisotopic (exact) mass is 294 g/mol. The molecular formula is C15H24N3O3+. The van der Waals surface area contributed by atoms with E-state index in [-0.39, 0.29) is 12.3 Å². The third-order valence-corrected chi connectivity index (χ3v) is 3.28. The zero-order valence-corrected chi connectivity index (χ0v) is 12.6. The van der Waals surface area contributed by atoms with Gasteiger partial charge in [-0.05, 0) is 31.0 Å². The molecule has 0 bridgehead atoms. The van der Waals surface area contributed by atoms with Crippen LogP contribution < -0.4 is 21.5 Å². The molecule has 0 aliphatic heterocycles. The standard InChI is InChI=1S/C15H23N3O3/c1-10-4-5-11(2)12(8-10)18-14(19)9-13(15(20)21)17-7-3-6-16/h4-5,8,13,17H,3,6-7,9,16H2,1-2H3,(H,18,19)(H,20,21)/p+1/t13-/m1/s1. The van der Waals surface area contributed by atoms with Crippen LogP contribution >= 0.6 is 0 Å². The number of carbonyl (C=O) groups is 2. The first-order valence-corrected chi connectivity index (χ1v) is 7.14. The van der Waals surface area contributed by atoms with Gasteiger partial charge in [-0.15, -0.1) is 0 Å². The average molecular weight is 294 g/mol. The van der Waals surface area contributed by atoms with E-state index in [4.69, 9.17) is 0 Å². The van der Waals surface area contributed by atoms with Crippen molar-refractivity contribution in [3.8, 4) is 0 Å². The number of hydrogen-bond acceptors (Lipinski definition) is 3. The Kier molecular flexibility index (Phi) is 6.84. The molecular weight excluding hydrogens is 270 g/mol. The summed E-state index contributed by atoms with van der Waals surface area (Å²) in [5.74, 6) is -1.53. The van der Waals surface area contributed by atoms with Crippen molar-refractivity contribution < 1.29 is 25.7 Å². The number of aliphatic carboxylic acids is 1. The highest BCUT2D eigenvalue weighted by atomic mass is 16.4. The molecule has 0 saturated carbocycles. The summed E-state index contributed by atoms with van der Waals surface area (Å²) < 4.78 is 0. The van der Waals surface area contributed by atoms with Gasteiger partial charge in [0.25, 0.3) is 0 Å². The first-order chi connectivity index (χ1) is 9.93. The van der Waals surface area contributed by atoms with Gasteiger partial charge in [0.1, 0.15) is 6.04 Å². The fourth-order valence-electron chi connectivity index (χ4n) is 2.00. The number of nitrogens with one attached hydrogen (secondary N) is 1. The largest absolute Gasteiger partial charge is 0.544 e. The van der Waals surface area contributed by atoms with E-state index >= 15 is 0 Å². The summed E-state index contributed by atoms with van der Waals surface area (Å²) >= 11 is 0. The number of nitrogens with two attached hydrogens (primary N) is 1. The van der Waals surface area contributed by atoms with Crippen molar-refractivity contribution in [2.45, 2.75) is 32.7 Å². The minimum Gasteiger partial charge on any atom is -0.544 e. The molecule has 0 spiro atoms. The van der Waals surface area contributed by atoms with Gasteiger partial charge in [-0.3, -0.25) is 4.79 Å². The van der Waals surface area contributed by atoms with Gasteiger partial charge in [0.05, 0.1) is 25.5 Å². The number of hydrogen-bond donors (Lipinski definition) is 3. The maximum atomic E-state index is 12.0. The summed E-state index contributed by atoms with van der Waals surface area (Å²) in [4.78, 5) is 23.1. The molecule has 6 heteroatoms. The minimum absolute atomic E-state index is 0.104. The van der Waals surface area contributed by atoms with Crippen LogP contribution in [0.15, 0.2) is 18.2 Å². The third-order valence-electron chi connectivity index (χ3n) is 3.28. The van der Waals surface area contributed by atoms with E-state index < -0.39 is 12.0 Å². The Balaban J connectivity index is 2.61. The van der Waals surface area contributed by atoms with E-state index in [9.17, 15) is 14.7 Å².